The SMILES string of the molecule is Cc1nn(C)c(C)c1C(C)C(=O)Nc1cc(C(=O)O)ccc1F. The Labute approximate surface area is 132 Å². The molecule has 0 radical (unpaired) electrons. The van der Waals surface area contributed by atoms with E-state index in [-0.39, 0.29) is 11.3 Å². The van der Waals surface area contributed by atoms with Crippen LogP contribution in [0.1, 0.15) is 40.2 Å². The molecule has 122 valence electrons. The third kappa shape index (κ3) is 3.23. The first-order chi connectivity index (χ1) is 10.7. The molecule has 2 N–H and O–H groups in total. The molecule has 0 aliphatic heterocycles. The molecule has 1 aromatic heterocycles. The van der Waals surface area contributed by atoms with Crippen molar-refractivity contribution in [2.45, 2.75) is 26.7 Å². The zero-order valence-electron chi connectivity index (χ0n) is 13.3. The topological polar surface area (TPSA) is 84.2 Å². The molecule has 1 atom stereocenters. The zero-order chi connectivity index (χ0) is 17.3. The Morgan fingerprint density at radius 3 is 2.52 bits per heavy atom. The number of aromatic carboxylic acids is 1. The number of hydrogen-bond acceptors (Lipinski definition) is 3. The summed E-state index contributed by atoms with van der Waals surface area (Å²) in [7, 11) is 1.78. The van der Waals surface area contributed by atoms with Crippen LogP contribution < -0.4 is 5.32 Å². The van der Waals surface area contributed by atoms with Crippen LogP contribution in [0.5, 0.6) is 0 Å². The first-order valence-corrected chi connectivity index (χ1v) is 7.06. The number of nitrogens with one attached hydrogen (secondary N) is 1. The summed E-state index contributed by atoms with van der Waals surface area (Å²) in [6.45, 7) is 5.35. The summed E-state index contributed by atoms with van der Waals surface area (Å²) in [5.41, 5.74) is 2.11. The van der Waals surface area contributed by atoms with Crippen molar-refractivity contribution in [2.75, 3.05) is 5.32 Å². The van der Waals surface area contributed by atoms with Crippen molar-refractivity contribution in [3.8, 4) is 0 Å². The first-order valence-electron chi connectivity index (χ1n) is 7.06. The summed E-state index contributed by atoms with van der Waals surface area (Å²) < 4.78 is 15.5. The Morgan fingerprint density at radius 1 is 1.35 bits per heavy atom. The Hall–Kier alpha value is -2.70. The molecule has 0 spiro atoms. The van der Waals surface area contributed by atoms with Crippen LogP contribution >= 0.6 is 0 Å². The predicted molar refractivity (Wildman–Crippen MR) is 83.1 cm³/mol. The maximum absolute atomic E-state index is 13.8. The van der Waals surface area contributed by atoms with Gasteiger partial charge in [-0.3, -0.25) is 9.48 Å². The number of carbonyl (C=O) groups excluding carboxylic acids is 1. The predicted octanol–water partition coefficient (Wildman–Crippen LogP) is 2.62. The summed E-state index contributed by atoms with van der Waals surface area (Å²) in [5.74, 6) is -2.84. The molecule has 0 aliphatic rings. The number of carbonyl (C=O) groups is 2. The number of carboxylic acids is 1. The molecule has 0 saturated heterocycles. The van der Waals surface area contributed by atoms with E-state index >= 15 is 0 Å². The van der Waals surface area contributed by atoms with Crippen molar-refractivity contribution in [1.82, 2.24) is 9.78 Å². The van der Waals surface area contributed by atoms with Crippen LogP contribution in [0.15, 0.2) is 18.2 Å². The van der Waals surface area contributed by atoms with E-state index in [1.807, 2.05) is 6.92 Å². The number of aryl methyl sites for hydroxylation is 2. The normalized spacial score (nSPS) is 12.0. The minimum Gasteiger partial charge on any atom is -0.478 e. The zero-order valence-corrected chi connectivity index (χ0v) is 13.3. The summed E-state index contributed by atoms with van der Waals surface area (Å²) in [5, 5.41) is 15.7. The van der Waals surface area contributed by atoms with E-state index in [1.165, 1.54) is 0 Å². The standard InChI is InChI=1S/C16H18FN3O3/c1-8(14-9(2)19-20(4)10(14)3)15(21)18-13-7-11(16(22)23)5-6-12(13)17/h5-8H,1-4H3,(H,18,21)(H,22,23). The average Bonchev–Trinajstić information content (AvgIpc) is 2.73. The van der Waals surface area contributed by atoms with E-state index in [4.69, 9.17) is 5.11 Å². The van der Waals surface area contributed by atoms with Gasteiger partial charge in [-0.05, 0) is 39.0 Å². The lowest BCUT2D eigenvalue weighted by Gasteiger charge is -2.14. The molecule has 1 heterocycles. The Balaban J connectivity index is 2.28. The Bertz CT molecular complexity index is 783. The largest absolute Gasteiger partial charge is 0.478 e. The van der Waals surface area contributed by atoms with Crippen LogP contribution in [0.2, 0.25) is 0 Å². The minimum absolute atomic E-state index is 0.0944. The number of nitrogens with zero attached hydrogens (tertiary/aromatic N) is 2. The van der Waals surface area contributed by atoms with Gasteiger partial charge in [0.05, 0.1) is 22.9 Å². The van der Waals surface area contributed by atoms with Crippen LogP contribution in [0, 0.1) is 19.7 Å². The fourth-order valence-corrected chi connectivity index (χ4v) is 2.54. The van der Waals surface area contributed by atoms with Gasteiger partial charge in [0.2, 0.25) is 5.91 Å². The molecule has 7 heteroatoms. The number of hydrogen-bond donors (Lipinski definition) is 2. The molecule has 6 nitrogen and oxygen atoms in total. The molecule has 1 unspecified atom stereocenters. The molecule has 2 rings (SSSR count). The number of benzene rings is 1. The van der Waals surface area contributed by atoms with Crippen LogP contribution in [0.3, 0.4) is 0 Å². The van der Waals surface area contributed by atoms with E-state index < -0.39 is 23.6 Å². The van der Waals surface area contributed by atoms with Crippen LogP contribution in [0.4, 0.5) is 10.1 Å². The second kappa shape index (κ2) is 6.20. The number of amides is 1. The Kier molecular flexibility index (Phi) is 4.49. The lowest BCUT2D eigenvalue weighted by molar-refractivity contribution is -0.117. The van der Waals surface area contributed by atoms with Gasteiger partial charge in [0.1, 0.15) is 5.82 Å². The molecule has 0 fully saturated rings. The molecular weight excluding hydrogens is 301 g/mol. The van der Waals surface area contributed by atoms with Gasteiger partial charge in [-0.25, -0.2) is 9.18 Å². The van der Waals surface area contributed by atoms with Gasteiger partial charge in [-0.1, -0.05) is 0 Å². The quantitative estimate of drug-likeness (QED) is 0.907. The monoisotopic (exact) mass is 319 g/mol. The van der Waals surface area contributed by atoms with Gasteiger partial charge in [0.15, 0.2) is 0 Å². The maximum Gasteiger partial charge on any atom is 0.335 e. The highest BCUT2D eigenvalue weighted by atomic mass is 19.1. The highest BCUT2D eigenvalue weighted by molar-refractivity contribution is 5.97. The van der Waals surface area contributed by atoms with Crippen molar-refractivity contribution in [3.63, 3.8) is 0 Å². The number of carboxylic acid groups (broad SMARTS) is 1. The molecule has 1 amide bonds. The van der Waals surface area contributed by atoms with Gasteiger partial charge in [0, 0.05) is 18.3 Å². The van der Waals surface area contributed by atoms with Crippen molar-refractivity contribution >= 4 is 17.6 Å². The Morgan fingerprint density at radius 2 is 2.00 bits per heavy atom. The number of aromatic nitrogens is 2. The van der Waals surface area contributed by atoms with E-state index in [9.17, 15) is 14.0 Å². The first kappa shape index (κ1) is 16.7. The van der Waals surface area contributed by atoms with Crippen molar-refractivity contribution in [3.05, 3.63) is 46.5 Å². The number of halogens is 1. The van der Waals surface area contributed by atoms with Crippen molar-refractivity contribution < 1.29 is 19.1 Å². The van der Waals surface area contributed by atoms with Crippen molar-refractivity contribution in [2.24, 2.45) is 7.05 Å². The molecule has 0 aliphatic carbocycles. The number of rotatable bonds is 4. The van der Waals surface area contributed by atoms with Gasteiger partial charge >= 0.3 is 5.97 Å². The lowest BCUT2D eigenvalue weighted by Crippen LogP contribution is -2.21. The van der Waals surface area contributed by atoms with Crippen LogP contribution in [0.25, 0.3) is 0 Å². The van der Waals surface area contributed by atoms with Crippen molar-refractivity contribution in [1.29, 1.82) is 0 Å². The van der Waals surface area contributed by atoms with Gasteiger partial charge < -0.3 is 10.4 Å². The smallest absolute Gasteiger partial charge is 0.335 e. The van der Waals surface area contributed by atoms with E-state index in [0.29, 0.717) is 0 Å². The molecule has 0 saturated carbocycles. The molecular formula is C16H18FN3O3. The second-order valence-electron chi connectivity index (χ2n) is 5.42. The fraction of sp³-hybridized carbons (Fsp3) is 0.312. The maximum atomic E-state index is 13.8. The van der Waals surface area contributed by atoms with E-state index in [2.05, 4.69) is 10.4 Å². The molecule has 0 bridgehead atoms. The second-order valence-corrected chi connectivity index (χ2v) is 5.42. The highest BCUT2D eigenvalue weighted by Crippen LogP contribution is 2.25. The molecule has 1 aromatic carbocycles. The van der Waals surface area contributed by atoms with Crippen LogP contribution in [-0.4, -0.2) is 26.8 Å². The summed E-state index contributed by atoms with van der Waals surface area (Å²) in [4.78, 5) is 23.3. The van der Waals surface area contributed by atoms with E-state index in [1.54, 1.807) is 25.6 Å². The fourth-order valence-electron chi connectivity index (χ4n) is 2.54. The van der Waals surface area contributed by atoms with Gasteiger partial charge in [-0.15, -0.1) is 0 Å². The molecule has 2 aromatic rings. The minimum atomic E-state index is -1.19. The summed E-state index contributed by atoms with van der Waals surface area (Å²) in [6, 6.07) is 3.27. The highest BCUT2D eigenvalue weighted by Gasteiger charge is 2.23. The van der Waals surface area contributed by atoms with E-state index in [0.717, 1.165) is 35.2 Å². The third-order valence-corrected chi connectivity index (χ3v) is 3.86. The summed E-state index contributed by atoms with van der Waals surface area (Å²) in [6.07, 6.45) is 0. The number of anilines is 1. The average molecular weight is 319 g/mol. The van der Waals surface area contributed by atoms with Gasteiger partial charge in [0.25, 0.3) is 0 Å². The molecule has 23 heavy (non-hydrogen) atoms. The lowest BCUT2D eigenvalue weighted by atomic mass is 9.98. The summed E-state index contributed by atoms with van der Waals surface area (Å²) >= 11 is 0. The van der Waals surface area contributed by atoms with Crippen LogP contribution in [-0.2, 0) is 11.8 Å². The van der Waals surface area contributed by atoms with Gasteiger partial charge in [-0.2, -0.15) is 5.10 Å². The third-order valence-electron chi connectivity index (χ3n) is 3.86.